The number of hydrogen-bond acceptors (Lipinski definition) is 2. The number of imide groups is 1. The van der Waals surface area contributed by atoms with Crippen LogP contribution in [0.5, 0.6) is 0 Å². The number of carbonyl (C=O) groups is 2. The molecular formula is C69H71NO2. The van der Waals surface area contributed by atoms with E-state index in [9.17, 15) is 9.59 Å². The number of amides is 2. The lowest BCUT2D eigenvalue weighted by Crippen LogP contribution is -2.29. The van der Waals surface area contributed by atoms with Crippen LogP contribution in [0.15, 0.2) is 247 Å². The van der Waals surface area contributed by atoms with Crippen LogP contribution in [-0.4, -0.2) is 11.8 Å². The first kappa shape index (κ1) is 57.7. The van der Waals surface area contributed by atoms with Gasteiger partial charge in [0.1, 0.15) is 0 Å². The van der Waals surface area contributed by atoms with Crippen LogP contribution >= 0.6 is 0 Å². The molecule has 3 nitrogen and oxygen atoms in total. The second kappa shape index (κ2) is 33.0. The van der Waals surface area contributed by atoms with Crippen LogP contribution in [0, 0.1) is 0 Å². The monoisotopic (exact) mass is 946 g/mol. The summed E-state index contributed by atoms with van der Waals surface area (Å²) < 4.78 is 0. The maximum atomic E-state index is 11.3. The summed E-state index contributed by atoms with van der Waals surface area (Å²) in [6, 6.07) is 59.7. The summed E-state index contributed by atoms with van der Waals surface area (Å²) in [5, 5.41) is 0. The molecule has 1 aliphatic rings. The maximum absolute atomic E-state index is 11.3. The van der Waals surface area contributed by atoms with E-state index in [1.807, 2.05) is 73.7 Å². The highest BCUT2D eigenvalue weighted by atomic mass is 16.2. The van der Waals surface area contributed by atoms with Gasteiger partial charge in [-0.3, -0.25) is 9.59 Å². The van der Waals surface area contributed by atoms with E-state index >= 15 is 0 Å². The lowest BCUT2D eigenvalue weighted by atomic mass is 9.98. The van der Waals surface area contributed by atoms with E-state index in [1.54, 1.807) is 36.4 Å². The lowest BCUT2D eigenvalue weighted by Gasteiger charge is -2.13. The van der Waals surface area contributed by atoms with Crippen LogP contribution in [0.3, 0.4) is 0 Å². The van der Waals surface area contributed by atoms with E-state index in [0.717, 1.165) is 45.6 Å². The molecule has 0 saturated carbocycles. The fourth-order valence-corrected chi connectivity index (χ4v) is 6.76. The third kappa shape index (κ3) is 20.5. The first-order chi connectivity index (χ1) is 35.0. The Labute approximate surface area is 432 Å². The van der Waals surface area contributed by atoms with Gasteiger partial charge in [-0.25, -0.2) is 4.90 Å². The molecule has 0 fully saturated rings. The highest BCUT2D eigenvalue weighted by molar-refractivity contribution is 6.28. The third-order valence-electron chi connectivity index (χ3n) is 11.3. The van der Waals surface area contributed by atoms with Gasteiger partial charge in [0.2, 0.25) is 0 Å². The summed E-state index contributed by atoms with van der Waals surface area (Å²) in [6.45, 7) is 35.7. The van der Waals surface area contributed by atoms with Crippen molar-refractivity contribution in [3.8, 4) is 0 Å². The van der Waals surface area contributed by atoms with Gasteiger partial charge in [0.25, 0.3) is 11.8 Å². The Morgan fingerprint density at radius 3 is 0.889 bits per heavy atom. The highest BCUT2D eigenvalue weighted by Gasteiger charge is 2.24. The molecule has 1 aliphatic heterocycles. The Balaban J connectivity index is 0.000000239. The topological polar surface area (TPSA) is 37.4 Å². The van der Waals surface area contributed by atoms with Crippen molar-refractivity contribution in [1.82, 2.24) is 0 Å². The van der Waals surface area contributed by atoms with Crippen molar-refractivity contribution in [1.29, 1.82) is 0 Å². The molecule has 1 atom stereocenters. The first-order valence-electron chi connectivity index (χ1n) is 24.1. The van der Waals surface area contributed by atoms with Crippen LogP contribution in [0.2, 0.25) is 0 Å². The van der Waals surface area contributed by atoms with Gasteiger partial charge in [-0.2, -0.15) is 0 Å². The fourth-order valence-electron chi connectivity index (χ4n) is 6.76. The normalized spacial score (nSPS) is 11.0. The number of rotatable bonds is 14. The Morgan fingerprint density at radius 2 is 0.639 bits per heavy atom. The molecule has 0 bridgehead atoms. The number of carbonyl (C=O) groups excluding carboxylic acids is 2. The molecule has 1 unspecified atom stereocenters. The van der Waals surface area contributed by atoms with Gasteiger partial charge in [0, 0.05) is 12.2 Å². The third-order valence-corrected chi connectivity index (χ3v) is 11.3. The van der Waals surface area contributed by atoms with Crippen molar-refractivity contribution in [2.24, 2.45) is 0 Å². The molecule has 2 amide bonds. The quantitative estimate of drug-likeness (QED) is 0.0805. The highest BCUT2D eigenvalue weighted by Crippen LogP contribution is 2.21. The molecule has 0 spiro atoms. The predicted molar refractivity (Wildman–Crippen MR) is 318 cm³/mol. The van der Waals surface area contributed by atoms with Crippen LogP contribution < -0.4 is 4.90 Å². The molecule has 3 heteroatoms. The fraction of sp³-hybridized carbons (Fsp3) is 0.101. The minimum Gasteiger partial charge on any atom is -0.269 e. The second-order valence-electron chi connectivity index (χ2n) is 16.5. The van der Waals surface area contributed by atoms with Gasteiger partial charge >= 0.3 is 0 Å². The molecule has 364 valence electrons. The van der Waals surface area contributed by atoms with Gasteiger partial charge in [0.05, 0.1) is 5.69 Å². The summed E-state index contributed by atoms with van der Waals surface area (Å²) in [5.74, 6) is 0.0709. The number of hydrogen-bond donors (Lipinski definition) is 0. The van der Waals surface area contributed by atoms with Crippen LogP contribution in [0.1, 0.15) is 99.9 Å². The van der Waals surface area contributed by atoms with E-state index in [0.29, 0.717) is 11.6 Å². The zero-order valence-electron chi connectivity index (χ0n) is 42.6. The molecule has 8 rings (SSSR count). The van der Waals surface area contributed by atoms with Crippen LogP contribution in [0.4, 0.5) is 5.69 Å². The average Bonchev–Trinajstić information content (AvgIpc) is 3.79. The van der Waals surface area contributed by atoms with Crippen molar-refractivity contribution in [3.63, 3.8) is 0 Å². The molecule has 7 aromatic rings. The molecule has 0 radical (unpaired) electrons. The summed E-state index contributed by atoms with van der Waals surface area (Å²) in [6.07, 6.45) is 20.3. The molecule has 0 aliphatic carbocycles. The smallest absolute Gasteiger partial charge is 0.258 e. The van der Waals surface area contributed by atoms with Crippen LogP contribution in [-0.2, 0) is 22.4 Å². The van der Waals surface area contributed by atoms with Crippen molar-refractivity contribution in [2.45, 2.75) is 46.0 Å². The number of allylic oxidation sites excluding steroid dienone is 1. The molecule has 1 heterocycles. The number of anilines is 1. The minimum absolute atomic E-state index is 0.300. The van der Waals surface area contributed by atoms with Crippen molar-refractivity contribution in [2.75, 3.05) is 4.90 Å². The van der Waals surface area contributed by atoms with Gasteiger partial charge in [-0.15, -0.1) is 6.58 Å². The average molecular weight is 946 g/mol. The van der Waals surface area contributed by atoms with E-state index in [1.165, 1.54) is 57.5 Å². The SMILES string of the molecule is C=CC.C=Cc1ccc(C(C)CC)cc1.C=Cc1ccc(Cc2ccc(C=C)cc2)cc1.C=Cc1ccc(Cc2ccc(C=C)cc2)cc1.C=Cc1ccc(N2C(=O)C=CC2=O)cc1.C=Cc1ccccc1. The Morgan fingerprint density at radius 1 is 0.389 bits per heavy atom. The summed E-state index contributed by atoms with van der Waals surface area (Å²) in [7, 11) is 0. The molecule has 72 heavy (non-hydrogen) atoms. The van der Waals surface area contributed by atoms with Crippen molar-refractivity contribution in [3.05, 3.63) is 314 Å². The van der Waals surface area contributed by atoms with Gasteiger partial charge in [-0.05, 0) is 111 Å². The first-order valence-corrected chi connectivity index (χ1v) is 24.1. The van der Waals surface area contributed by atoms with Gasteiger partial charge < -0.3 is 0 Å². The number of nitrogens with zero attached hydrogens (tertiary/aromatic N) is 1. The minimum atomic E-state index is -0.300. The zero-order chi connectivity index (χ0) is 52.5. The summed E-state index contributed by atoms with van der Waals surface area (Å²) in [5.41, 5.74) is 15.3. The molecule has 0 N–H and O–H groups in total. The van der Waals surface area contributed by atoms with E-state index in [4.69, 9.17) is 0 Å². The second-order valence-corrected chi connectivity index (χ2v) is 16.5. The Hall–Kier alpha value is -8.66. The molecule has 0 saturated heterocycles. The maximum Gasteiger partial charge on any atom is 0.258 e. The van der Waals surface area contributed by atoms with Gasteiger partial charge in [0.15, 0.2) is 0 Å². The van der Waals surface area contributed by atoms with Crippen molar-refractivity contribution >= 4 is 60.0 Å². The van der Waals surface area contributed by atoms with E-state index in [2.05, 4.69) is 188 Å². The molecule has 7 aromatic carbocycles. The zero-order valence-corrected chi connectivity index (χ0v) is 42.6. The summed E-state index contributed by atoms with van der Waals surface area (Å²) >= 11 is 0. The Kier molecular flexibility index (Phi) is 26.4. The van der Waals surface area contributed by atoms with Crippen molar-refractivity contribution < 1.29 is 9.59 Å². The Bertz CT molecular complexity index is 2590. The standard InChI is InChI=1S/2C17H16.C12H9NO2.C12H16.C8H8.C3H6/c2*1-3-14-5-9-16(10-6-14)13-17-11-7-15(4-2)8-12-17;1-2-9-3-5-10(6-4-9)13-11(14)7-8-12(13)15;1-4-10(3)12-8-6-11(5-2)7-9-12;1-2-8-6-4-3-5-7-8;1-3-2/h2*3-12H,1-2,13H2;2-8H,1H2;5-10H,2,4H2,1,3H3;2-7H,1H2;3H,1H2,2H3. The largest absolute Gasteiger partial charge is 0.269 e. The summed E-state index contributed by atoms with van der Waals surface area (Å²) in [4.78, 5) is 23.8. The molecule has 0 aromatic heterocycles. The number of benzene rings is 7. The van der Waals surface area contributed by atoms with Crippen LogP contribution in [0.25, 0.3) is 42.5 Å². The predicted octanol–water partition coefficient (Wildman–Crippen LogP) is 18.3. The van der Waals surface area contributed by atoms with E-state index < -0.39 is 0 Å². The van der Waals surface area contributed by atoms with Gasteiger partial charge in [-0.1, -0.05) is 272 Å². The molecular weight excluding hydrogens is 875 g/mol. The lowest BCUT2D eigenvalue weighted by molar-refractivity contribution is -0.119. The van der Waals surface area contributed by atoms with E-state index in [-0.39, 0.29) is 11.8 Å².